The highest BCUT2D eigenvalue weighted by Crippen LogP contribution is 2.28. The van der Waals surface area contributed by atoms with E-state index in [0.717, 1.165) is 17.1 Å². The molecule has 0 saturated heterocycles. The number of carbonyl (C=O) groups excluding carboxylic acids is 1. The first-order valence-electron chi connectivity index (χ1n) is 5.49. The van der Waals surface area contributed by atoms with Crippen molar-refractivity contribution in [1.29, 1.82) is 0 Å². The summed E-state index contributed by atoms with van der Waals surface area (Å²) in [4.78, 5) is 12.1. The third-order valence-corrected chi connectivity index (χ3v) is 4.38. The van der Waals surface area contributed by atoms with E-state index in [2.05, 4.69) is 0 Å². The Labute approximate surface area is 121 Å². The van der Waals surface area contributed by atoms with Gasteiger partial charge in [0.2, 0.25) is 5.91 Å². The lowest BCUT2D eigenvalue weighted by Gasteiger charge is -2.19. The van der Waals surface area contributed by atoms with E-state index in [-0.39, 0.29) is 0 Å². The molecule has 0 aliphatic heterocycles. The van der Waals surface area contributed by atoms with Crippen molar-refractivity contribution in [1.82, 2.24) is 0 Å². The SMILES string of the molecule is CC(N)(CCCSc1ccc(Cl)c(Cl)c1)C(N)=O. The first kappa shape index (κ1) is 15.6. The zero-order chi connectivity index (χ0) is 13.8. The van der Waals surface area contributed by atoms with E-state index in [1.165, 1.54) is 0 Å². The molecule has 100 valence electrons. The molecule has 1 aromatic carbocycles. The predicted octanol–water partition coefficient (Wildman–Crippen LogP) is 3.07. The Morgan fingerprint density at radius 2 is 2.06 bits per heavy atom. The number of amides is 1. The summed E-state index contributed by atoms with van der Waals surface area (Å²) in [6.45, 7) is 1.65. The predicted molar refractivity (Wildman–Crippen MR) is 78.2 cm³/mol. The lowest BCUT2D eigenvalue weighted by Crippen LogP contribution is -2.49. The lowest BCUT2D eigenvalue weighted by atomic mass is 9.97. The minimum absolute atomic E-state index is 0.470. The lowest BCUT2D eigenvalue weighted by molar-refractivity contribution is -0.122. The number of nitrogens with two attached hydrogens (primary N) is 2. The third-order valence-electron chi connectivity index (χ3n) is 2.56. The molecule has 0 bridgehead atoms. The highest BCUT2D eigenvalue weighted by Gasteiger charge is 2.24. The van der Waals surface area contributed by atoms with Gasteiger partial charge in [-0.15, -0.1) is 11.8 Å². The van der Waals surface area contributed by atoms with Crippen molar-refractivity contribution in [3.8, 4) is 0 Å². The van der Waals surface area contributed by atoms with Gasteiger partial charge in [-0.3, -0.25) is 4.79 Å². The zero-order valence-electron chi connectivity index (χ0n) is 10.1. The highest BCUT2D eigenvalue weighted by molar-refractivity contribution is 7.99. The molecule has 4 N–H and O–H groups in total. The Bertz CT molecular complexity index is 438. The van der Waals surface area contributed by atoms with E-state index in [4.69, 9.17) is 34.7 Å². The largest absolute Gasteiger partial charge is 0.368 e. The second-order valence-corrected chi connectivity index (χ2v) is 6.29. The molecule has 1 aromatic rings. The maximum absolute atomic E-state index is 11.0. The van der Waals surface area contributed by atoms with Crippen molar-refractivity contribution in [2.45, 2.75) is 30.2 Å². The fourth-order valence-corrected chi connectivity index (χ4v) is 2.57. The molecule has 18 heavy (non-hydrogen) atoms. The molecule has 6 heteroatoms. The second kappa shape index (κ2) is 6.66. The van der Waals surface area contributed by atoms with Gasteiger partial charge in [0.1, 0.15) is 0 Å². The quantitative estimate of drug-likeness (QED) is 0.627. The molecule has 0 saturated carbocycles. The van der Waals surface area contributed by atoms with Crippen LogP contribution in [0.1, 0.15) is 19.8 Å². The van der Waals surface area contributed by atoms with E-state index >= 15 is 0 Å². The number of primary amides is 1. The Balaban J connectivity index is 2.38. The van der Waals surface area contributed by atoms with Crippen molar-refractivity contribution in [3.05, 3.63) is 28.2 Å². The summed E-state index contributed by atoms with van der Waals surface area (Å²) >= 11 is 13.4. The number of rotatable bonds is 6. The van der Waals surface area contributed by atoms with Crippen molar-refractivity contribution < 1.29 is 4.79 Å². The topological polar surface area (TPSA) is 69.1 Å². The molecule has 1 unspecified atom stereocenters. The van der Waals surface area contributed by atoms with E-state index in [0.29, 0.717) is 16.5 Å². The summed E-state index contributed by atoms with van der Waals surface area (Å²) in [5.41, 5.74) is 10.0. The van der Waals surface area contributed by atoms with Crippen LogP contribution in [0.25, 0.3) is 0 Å². The van der Waals surface area contributed by atoms with E-state index in [9.17, 15) is 4.79 Å². The summed E-state index contributed by atoms with van der Waals surface area (Å²) in [5, 5.41) is 1.09. The minimum Gasteiger partial charge on any atom is -0.368 e. The van der Waals surface area contributed by atoms with Gasteiger partial charge in [0, 0.05) is 4.90 Å². The van der Waals surface area contributed by atoms with Crippen LogP contribution in [-0.2, 0) is 4.79 Å². The van der Waals surface area contributed by atoms with Gasteiger partial charge in [-0.05, 0) is 43.7 Å². The summed E-state index contributed by atoms with van der Waals surface area (Å²) < 4.78 is 0. The molecular formula is C12H16Cl2N2OS. The molecule has 0 aliphatic rings. The smallest absolute Gasteiger partial charge is 0.237 e. The van der Waals surface area contributed by atoms with Gasteiger partial charge in [0.05, 0.1) is 15.6 Å². The summed E-state index contributed by atoms with van der Waals surface area (Å²) in [5.74, 6) is 0.375. The average molecular weight is 307 g/mol. The fraction of sp³-hybridized carbons (Fsp3) is 0.417. The summed E-state index contributed by atoms with van der Waals surface area (Å²) in [6, 6.07) is 5.50. The van der Waals surface area contributed by atoms with Gasteiger partial charge in [-0.2, -0.15) is 0 Å². The van der Waals surface area contributed by atoms with Gasteiger partial charge in [-0.25, -0.2) is 0 Å². The van der Waals surface area contributed by atoms with Gasteiger partial charge in [0.15, 0.2) is 0 Å². The zero-order valence-corrected chi connectivity index (χ0v) is 12.4. The van der Waals surface area contributed by atoms with E-state index in [1.807, 2.05) is 12.1 Å². The molecule has 0 heterocycles. The fourth-order valence-electron chi connectivity index (χ4n) is 1.32. The number of carbonyl (C=O) groups is 1. The van der Waals surface area contributed by atoms with Crippen LogP contribution in [0.2, 0.25) is 10.0 Å². The molecule has 0 aromatic heterocycles. The van der Waals surface area contributed by atoms with E-state index < -0.39 is 11.4 Å². The van der Waals surface area contributed by atoms with Crippen molar-refractivity contribution in [3.63, 3.8) is 0 Å². The van der Waals surface area contributed by atoms with Gasteiger partial charge in [-0.1, -0.05) is 23.2 Å². The van der Waals surface area contributed by atoms with Gasteiger partial charge in [0.25, 0.3) is 0 Å². The van der Waals surface area contributed by atoms with Gasteiger partial charge < -0.3 is 11.5 Å². The summed E-state index contributed by atoms with van der Waals surface area (Å²) in [6.07, 6.45) is 1.37. The van der Waals surface area contributed by atoms with Crippen LogP contribution >= 0.6 is 35.0 Å². The molecular weight excluding hydrogens is 291 g/mol. The van der Waals surface area contributed by atoms with E-state index in [1.54, 1.807) is 24.8 Å². The van der Waals surface area contributed by atoms with Crippen molar-refractivity contribution >= 4 is 40.9 Å². The Kier molecular flexibility index (Phi) is 5.79. The Morgan fingerprint density at radius 1 is 1.39 bits per heavy atom. The van der Waals surface area contributed by atoms with Crippen molar-refractivity contribution in [2.75, 3.05) is 5.75 Å². The van der Waals surface area contributed by atoms with Crippen LogP contribution in [0.3, 0.4) is 0 Å². The molecule has 0 aliphatic carbocycles. The summed E-state index contributed by atoms with van der Waals surface area (Å²) in [7, 11) is 0. The normalized spacial score (nSPS) is 14.2. The highest BCUT2D eigenvalue weighted by atomic mass is 35.5. The molecule has 0 spiro atoms. The maximum atomic E-state index is 11.0. The molecule has 3 nitrogen and oxygen atoms in total. The monoisotopic (exact) mass is 306 g/mol. The number of thioether (sulfide) groups is 1. The number of hydrogen-bond acceptors (Lipinski definition) is 3. The molecule has 1 atom stereocenters. The van der Waals surface area contributed by atoms with Crippen LogP contribution in [0.4, 0.5) is 0 Å². The third kappa shape index (κ3) is 4.69. The molecule has 0 radical (unpaired) electrons. The first-order valence-corrected chi connectivity index (χ1v) is 7.24. The molecule has 1 rings (SSSR count). The van der Waals surface area contributed by atoms with Crippen LogP contribution in [-0.4, -0.2) is 17.2 Å². The van der Waals surface area contributed by atoms with Gasteiger partial charge >= 0.3 is 0 Å². The second-order valence-electron chi connectivity index (χ2n) is 4.31. The number of hydrogen-bond donors (Lipinski definition) is 2. The number of benzene rings is 1. The standard InChI is InChI=1S/C12H16Cl2N2OS/c1-12(16,11(15)17)5-2-6-18-8-3-4-9(13)10(14)7-8/h3-4,7H,2,5-6,16H2,1H3,(H2,15,17). The first-order chi connectivity index (χ1) is 8.33. The molecule has 0 fully saturated rings. The Hall–Kier alpha value is -0.420. The average Bonchev–Trinajstić information content (AvgIpc) is 2.29. The van der Waals surface area contributed by atoms with Crippen LogP contribution in [0.5, 0.6) is 0 Å². The minimum atomic E-state index is -0.932. The Morgan fingerprint density at radius 3 is 2.61 bits per heavy atom. The maximum Gasteiger partial charge on any atom is 0.237 e. The van der Waals surface area contributed by atoms with Crippen LogP contribution < -0.4 is 11.5 Å². The van der Waals surface area contributed by atoms with Crippen LogP contribution in [0.15, 0.2) is 23.1 Å². The number of halogens is 2. The molecule has 1 amide bonds. The van der Waals surface area contributed by atoms with Crippen LogP contribution in [0, 0.1) is 0 Å². The van der Waals surface area contributed by atoms with Crippen molar-refractivity contribution in [2.24, 2.45) is 11.5 Å².